The van der Waals surface area contributed by atoms with Gasteiger partial charge in [-0.05, 0) is 44.0 Å². The van der Waals surface area contributed by atoms with Gasteiger partial charge in [0.1, 0.15) is 11.6 Å². The number of carbonyl (C=O) groups excluding carboxylic acids is 2. The van der Waals surface area contributed by atoms with Gasteiger partial charge in [-0.15, -0.1) is 0 Å². The lowest BCUT2D eigenvalue weighted by Crippen LogP contribution is -2.47. The normalized spacial score (nSPS) is 12.3. The number of carbonyl (C=O) groups is 2. The highest BCUT2D eigenvalue weighted by Gasteiger charge is 2.24. The van der Waals surface area contributed by atoms with E-state index >= 15 is 0 Å². The number of nitrogens with two attached hydrogens (primary N) is 1. The lowest BCUT2D eigenvalue weighted by Gasteiger charge is -2.22. The third-order valence-electron chi connectivity index (χ3n) is 3.43. The maximum absolute atomic E-state index is 12.6. The van der Waals surface area contributed by atoms with E-state index in [1.807, 2.05) is 24.3 Å². The summed E-state index contributed by atoms with van der Waals surface area (Å²) in [7, 11) is 0. The molecule has 6 nitrogen and oxygen atoms in total. The van der Waals surface area contributed by atoms with Crippen molar-refractivity contribution in [1.82, 2.24) is 10.3 Å². The number of hydrogen-bond acceptors (Lipinski definition) is 5. The minimum Gasteiger partial charge on any atom is -0.444 e. The van der Waals surface area contributed by atoms with E-state index in [2.05, 4.69) is 10.3 Å². The molecule has 0 aliphatic rings. The third kappa shape index (κ3) is 5.39. The van der Waals surface area contributed by atoms with Crippen LogP contribution in [0.2, 0.25) is 0 Å². The summed E-state index contributed by atoms with van der Waals surface area (Å²) in [6, 6.07) is 10.1. The number of amides is 1. The summed E-state index contributed by atoms with van der Waals surface area (Å²) in [5, 5.41) is 2.52. The molecule has 0 saturated carbocycles. The molecule has 2 aromatic rings. The van der Waals surface area contributed by atoms with Crippen molar-refractivity contribution >= 4 is 11.9 Å². The van der Waals surface area contributed by atoms with Crippen molar-refractivity contribution in [2.45, 2.75) is 32.4 Å². The van der Waals surface area contributed by atoms with Gasteiger partial charge >= 0.3 is 6.09 Å². The van der Waals surface area contributed by atoms with Crippen LogP contribution in [0.1, 0.15) is 31.1 Å². The first-order chi connectivity index (χ1) is 11.8. The molecule has 1 amide bonds. The van der Waals surface area contributed by atoms with Crippen LogP contribution >= 0.6 is 0 Å². The maximum atomic E-state index is 12.6. The highest BCUT2D eigenvalue weighted by molar-refractivity contribution is 6.02. The summed E-state index contributed by atoms with van der Waals surface area (Å²) in [4.78, 5) is 28.4. The molecule has 0 aliphatic carbocycles. The topological polar surface area (TPSA) is 94.3 Å². The van der Waals surface area contributed by atoms with E-state index in [0.717, 1.165) is 11.1 Å². The van der Waals surface area contributed by atoms with Gasteiger partial charge in [0.2, 0.25) is 0 Å². The van der Waals surface area contributed by atoms with E-state index in [1.165, 1.54) is 0 Å². The number of alkyl carbamates (subject to hydrolysis) is 1. The van der Waals surface area contributed by atoms with Crippen molar-refractivity contribution in [2.75, 3.05) is 6.54 Å². The highest BCUT2D eigenvalue weighted by atomic mass is 16.6. The van der Waals surface area contributed by atoms with Crippen molar-refractivity contribution < 1.29 is 14.3 Å². The summed E-state index contributed by atoms with van der Waals surface area (Å²) < 4.78 is 5.17. The number of nitrogens with zero attached hydrogens (tertiary/aromatic N) is 1. The number of benzene rings is 1. The summed E-state index contributed by atoms with van der Waals surface area (Å²) in [6.07, 6.45) is 2.76. The Kier molecular flexibility index (Phi) is 5.88. The van der Waals surface area contributed by atoms with Crippen LogP contribution in [0, 0.1) is 0 Å². The van der Waals surface area contributed by atoms with E-state index in [0.29, 0.717) is 5.56 Å². The van der Waals surface area contributed by atoms with E-state index in [1.54, 1.807) is 45.3 Å². The van der Waals surface area contributed by atoms with E-state index in [9.17, 15) is 9.59 Å². The molecule has 1 unspecified atom stereocenters. The smallest absolute Gasteiger partial charge is 0.408 e. The Hall–Kier alpha value is -2.73. The van der Waals surface area contributed by atoms with Crippen LogP contribution < -0.4 is 11.1 Å². The molecule has 1 heterocycles. The number of ether oxygens (including phenoxy) is 1. The Morgan fingerprint density at radius 3 is 2.16 bits per heavy atom. The van der Waals surface area contributed by atoms with Crippen LogP contribution in [-0.2, 0) is 4.74 Å². The van der Waals surface area contributed by atoms with Gasteiger partial charge in [0.05, 0.1) is 0 Å². The second-order valence-electron chi connectivity index (χ2n) is 6.61. The van der Waals surface area contributed by atoms with Gasteiger partial charge in [-0.2, -0.15) is 0 Å². The van der Waals surface area contributed by atoms with Crippen LogP contribution in [0.4, 0.5) is 4.79 Å². The van der Waals surface area contributed by atoms with Crippen LogP contribution in [0.5, 0.6) is 0 Å². The number of ketones is 1. The van der Waals surface area contributed by atoms with E-state index < -0.39 is 17.7 Å². The fourth-order valence-corrected chi connectivity index (χ4v) is 2.25. The van der Waals surface area contributed by atoms with Crippen molar-refractivity contribution in [3.8, 4) is 11.1 Å². The average molecular weight is 341 g/mol. The number of Topliss-reactive ketones (excluding diaryl/α,β-unsaturated/α-hetero) is 1. The number of nitrogens with one attached hydrogen (secondary N) is 1. The van der Waals surface area contributed by atoms with Gasteiger partial charge in [-0.25, -0.2) is 4.79 Å². The van der Waals surface area contributed by atoms with Gasteiger partial charge in [-0.1, -0.05) is 24.3 Å². The number of pyridine rings is 1. The molecule has 0 bridgehead atoms. The third-order valence-corrected chi connectivity index (χ3v) is 3.43. The SMILES string of the molecule is CC(C)(C)OC(=O)NC(CN)C(=O)c1ccc(-c2ccncc2)cc1. The Balaban J connectivity index is 2.08. The number of rotatable bonds is 5. The quantitative estimate of drug-likeness (QED) is 0.816. The average Bonchev–Trinajstić information content (AvgIpc) is 2.58. The van der Waals surface area contributed by atoms with Crippen molar-refractivity contribution in [2.24, 2.45) is 5.73 Å². The minimum atomic E-state index is -0.832. The molecule has 0 spiro atoms. The van der Waals surface area contributed by atoms with E-state index in [4.69, 9.17) is 10.5 Å². The summed E-state index contributed by atoms with van der Waals surface area (Å²) in [6.45, 7) is 5.25. The standard InChI is InChI=1S/C19H23N3O3/c1-19(2,3)25-18(24)22-16(12-20)17(23)15-6-4-13(5-7-15)14-8-10-21-11-9-14/h4-11,16H,12,20H2,1-3H3,(H,22,24). The molecule has 3 N–H and O–H groups in total. The monoisotopic (exact) mass is 341 g/mol. The minimum absolute atomic E-state index is 0.00974. The summed E-state index contributed by atoms with van der Waals surface area (Å²) >= 11 is 0. The van der Waals surface area contributed by atoms with E-state index in [-0.39, 0.29) is 12.3 Å². The summed E-state index contributed by atoms with van der Waals surface area (Å²) in [5.41, 5.74) is 7.47. The molecular formula is C19H23N3O3. The molecule has 0 radical (unpaired) electrons. The molecule has 0 saturated heterocycles. The largest absolute Gasteiger partial charge is 0.444 e. The highest BCUT2D eigenvalue weighted by Crippen LogP contribution is 2.19. The van der Waals surface area contributed by atoms with Crippen molar-refractivity contribution in [1.29, 1.82) is 0 Å². The second-order valence-corrected chi connectivity index (χ2v) is 6.61. The Morgan fingerprint density at radius 2 is 1.64 bits per heavy atom. The Labute approximate surface area is 147 Å². The van der Waals surface area contributed by atoms with Crippen molar-refractivity contribution in [3.05, 3.63) is 54.4 Å². The van der Waals surface area contributed by atoms with Crippen LogP contribution in [0.3, 0.4) is 0 Å². The zero-order chi connectivity index (χ0) is 18.4. The molecule has 1 aromatic heterocycles. The van der Waals surface area contributed by atoms with Gasteiger partial charge in [0.15, 0.2) is 5.78 Å². The van der Waals surface area contributed by atoms with Crippen LogP contribution in [-0.4, -0.2) is 35.0 Å². The van der Waals surface area contributed by atoms with Gasteiger partial charge in [-0.3, -0.25) is 9.78 Å². The molecule has 0 aliphatic heterocycles. The summed E-state index contributed by atoms with van der Waals surface area (Å²) in [5.74, 6) is -0.255. The zero-order valence-electron chi connectivity index (χ0n) is 14.7. The molecule has 0 fully saturated rings. The predicted octanol–water partition coefficient (Wildman–Crippen LogP) is 2.78. The molecule has 1 aromatic carbocycles. The zero-order valence-corrected chi connectivity index (χ0v) is 14.7. The second kappa shape index (κ2) is 7.90. The van der Waals surface area contributed by atoms with Crippen molar-refractivity contribution in [3.63, 3.8) is 0 Å². The fourth-order valence-electron chi connectivity index (χ4n) is 2.25. The first-order valence-electron chi connectivity index (χ1n) is 8.04. The predicted molar refractivity (Wildman–Crippen MR) is 96.2 cm³/mol. The Bertz CT molecular complexity index is 722. The first-order valence-corrected chi connectivity index (χ1v) is 8.04. The Morgan fingerprint density at radius 1 is 1.08 bits per heavy atom. The molecule has 2 rings (SSSR count). The lowest BCUT2D eigenvalue weighted by atomic mass is 10.0. The molecule has 132 valence electrons. The maximum Gasteiger partial charge on any atom is 0.408 e. The molecular weight excluding hydrogens is 318 g/mol. The lowest BCUT2D eigenvalue weighted by molar-refractivity contribution is 0.0493. The molecule has 1 atom stereocenters. The van der Waals surface area contributed by atoms with Crippen LogP contribution in [0.25, 0.3) is 11.1 Å². The van der Waals surface area contributed by atoms with Gasteiger partial charge < -0.3 is 15.8 Å². The first kappa shape index (κ1) is 18.6. The molecule has 25 heavy (non-hydrogen) atoms. The number of hydrogen-bond donors (Lipinski definition) is 2. The van der Waals surface area contributed by atoms with Crippen LogP contribution in [0.15, 0.2) is 48.8 Å². The van der Waals surface area contributed by atoms with Gasteiger partial charge in [0.25, 0.3) is 0 Å². The fraction of sp³-hybridized carbons (Fsp3) is 0.316. The number of aromatic nitrogens is 1. The molecule has 6 heteroatoms. The van der Waals surface area contributed by atoms with Gasteiger partial charge in [0, 0.05) is 24.5 Å².